The molecule has 0 aromatic heterocycles. The highest BCUT2D eigenvalue weighted by atomic mass is 32.2. The average Bonchev–Trinajstić information content (AvgIpc) is 3.32. The van der Waals surface area contributed by atoms with Crippen molar-refractivity contribution < 1.29 is 13.2 Å². The minimum Gasteiger partial charge on any atom is -0.352 e. The summed E-state index contributed by atoms with van der Waals surface area (Å²) in [5.74, 6) is 1.03. The van der Waals surface area contributed by atoms with Gasteiger partial charge in [-0.15, -0.1) is 0 Å². The number of fused-ring (bicyclic) bond motifs is 2. The number of rotatable bonds is 6. The number of nitrogens with one attached hydrogen (secondary N) is 1. The van der Waals surface area contributed by atoms with Gasteiger partial charge in [-0.05, 0) is 81.2 Å². The zero-order valence-electron chi connectivity index (χ0n) is 17.9. The Labute approximate surface area is 179 Å². The van der Waals surface area contributed by atoms with E-state index in [9.17, 15) is 13.2 Å². The van der Waals surface area contributed by atoms with Crippen molar-refractivity contribution in [1.29, 1.82) is 0 Å². The van der Waals surface area contributed by atoms with Crippen LogP contribution in [0.15, 0.2) is 47.4 Å². The van der Waals surface area contributed by atoms with Crippen LogP contribution in [0.1, 0.15) is 42.4 Å². The molecule has 0 radical (unpaired) electrons. The van der Waals surface area contributed by atoms with Gasteiger partial charge in [0, 0.05) is 6.04 Å². The molecule has 2 bridgehead atoms. The van der Waals surface area contributed by atoms with Crippen LogP contribution < -0.4 is 9.62 Å². The molecule has 2 aliphatic carbocycles. The van der Waals surface area contributed by atoms with Crippen LogP contribution in [-0.4, -0.2) is 26.9 Å². The molecule has 2 fully saturated rings. The van der Waals surface area contributed by atoms with Gasteiger partial charge < -0.3 is 5.32 Å². The predicted molar refractivity (Wildman–Crippen MR) is 119 cm³/mol. The zero-order chi connectivity index (χ0) is 21.5. The van der Waals surface area contributed by atoms with Crippen molar-refractivity contribution in [2.75, 3.05) is 10.8 Å². The molecule has 2 saturated carbocycles. The Bertz CT molecular complexity index is 1050. The monoisotopic (exact) mass is 426 g/mol. The lowest BCUT2D eigenvalue weighted by atomic mass is 9.95. The van der Waals surface area contributed by atoms with E-state index in [0.29, 0.717) is 17.5 Å². The Kier molecular flexibility index (Phi) is 5.62. The van der Waals surface area contributed by atoms with Crippen molar-refractivity contribution >= 4 is 21.6 Å². The third kappa shape index (κ3) is 3.97. The van der Waals surface area contributed by atoms with Gasteiger partial charge in [-0.2, -0.15) is 0 Å². The highest BCUT2D eigenvalue weighted by Gasteiger charge is 2.40. The van der Waals surface area contributed by atoms with Crippen molar-refractivity contribution in [2.24, 2.45) is 11.8 Å². The number of anilines is 1. The van der Waals surface area contributed by atoms with E-state index in [4.69, 9.17) is 0 Å². The van der Waals surface area contributed by atoms with E-state index < -0.39 is 10.0 Å². The van der Waals surface area contributed by atoms with Gasteiger partial charge >= 0.3 is 0 Å². The van der Waals surface area contributed by atoms with Crippen molar-refractivity contribution in [2.45, 2.75) is 57.4 Å². The van der Waals surface area contributed by atoms with E-state index in [2.05, 4.69) is 5.32 Å². The first kappa shape index (κ1) is 20.9. The minimum absolute atomic E-state index is 0.179. The number of hydrogen-bond acceptors (Lipinski definition) is 3. The van der Waals surface area contributed by atoms with Crippen molar-refractivity contribution in [3.05, 3.63) is 59.2 Å². The Balaban J connectivity index is 1.64. The Morgan fingerprint density at radius 3 is 2.40 bits per heavy atom. The normalized spacial score (nSPS) is 22.8. The number of carbonyl (C=O) groups excluding carboxylic acids is 1. The van der Waals surface area contributed by atoms with Gasteiger partial charge in [0.15, 0.2) is 0 Å². The van der Waals surface area contributed by atoms with Crippen molar-refractivity contribution in [3.63, 3.8) is 0 Å². The second kappa shape index (κ2) is 8.06. The lowest BCUT2D eigenvalue weighted by Crippen LogP contribution is -2.46. The largest absolute Gasteiger partial charge is 0.352 e. The smallest absolute Gasteiger partial charge is 0.264 e. The fourth-order valence-corrected chi connectivity index (χ4v) is 6.43. The quantitative estimate of drug-likeness (QED) is 0.756. The summed E-state index contributed by atoms with van der Waals surface area (Å²) in [5.41, 5.74) is 3.39. The molecular formula is C24H30N2O3S. The van der Waals surface area contributed by atoms with Gasteiger partial charge in [0.25, 0.3) is 10.0 Å². The van der Waals surface area contributed by atoms with E-state index in [-0.39, 0.29) is 23.4 Å². The van der Waals surface area contributed by atoms with Gasteiger partial charge in [-0.25, -0.2) is 8.42 Å². The van der Waals surface area contributed by atoms with Crippen LogP contribution in [0, 0.1) is 32.6 Å². The third-order valence-corrected chi connectivity index (χ3v) is 8.60. The second-order valence-corrected chi connectivity index (χ2v) is 10.8. The lowest BCUT2D eigenvalue weighted by molar-refractivity contribution is -0.120. The van der Waals surface area contributed by atoms with Crippen LogP contribution in [0.5, 0.6) is 0 Å². The topological polar surface area (TPSA) is 66.5 Å². The van der Waals surface area contributed by atoms with Crippen molar-refractivity contribution in [3.8, 4) is 0 Å². The Morgan fingerprint density at radius 2 is 1.77 bits per heavy atom. The molecule has 5 nitrogen and oxygen atoms in total. The zero-order valence-corrected chi connectivity index (χ0v) is 18.7. The molecule has 4 rings (SSSR count). The second-order valence-electron chi connectivity index (χ2n) is 8.89. The first-order valence-electron chi connectivity index (χ1n) is 10.7. The van der Waals surface area contributed by atoms with Crippen LogP contribution in [0.25, 0.3) is 0 Å². The molecule has 0 heterocycles. The van der Waals surface area contributed by atoms with Gasteiger partial charge in [-0.1, -0.05) is 36.2 Å². The molecule has 2 aliphatic rings. The van der Waals surface area contributed by atoms with Gasteiger partial charge in [0.05, 0.1) is 10.6 Å². The number of carbonyl (C=O) groups is 1. The van der Waals surface area contributed by atoms with Crippen LogP contribution >= 0.6 is 0 Å². The van der Waals surface area contributed by atoms with E-state index in [1.165, 1.54) is 17.1 Å². The van der Waals surface area contributed by atoms with Gasteiger partial charge in [0.1, 0.15) is 6.54 Å². The lowest BCUT2D eigenvalue weighted by Gasteiger charge is -2.28. The van der Waals surface area contributed by atoms with E-state index in [0.717, 1.165) is 29.5 Å². The minimum atomic E-state index is -3.88. The van der Waals surface area contributed by atoms with Gasteiger partial charge in [0.2, 0.25) is 5.91 Å². The maximum Gasteiger partial charge on any atom is 0.264 e. The van der Waals surface area contributed by atoms with Gasteiger partial charge in [-0.3, -0.25) is 9.10 Å². The summed E-state index contributed by atoms with van der Waals surface area (Å²) in [5, 5.41) is 3.13. The first-order valence-corrected chi connectivity index (χ1v) is 12.1. The molecule has 1 N–H and O–H groups in total. The molecule has 0 aliphatic heterocycles. The summed E-state index contributed by atoms with van der Waals surface area (Å²) in [7, 11) is -3.88. The number of amides is 1. The summed E-state index contributed by atoms with van der Waals surface area (Å²) in [6.07, 6.45) is 4.63. The van der Waals surface area contributed by atoms with E-state index >= 15 is 0 Å². The van der Waals surface area contributed by atoms with E-state index in [1.807, 2.05) is 32.9 Å². The molecule has 6 heteroatoms. The molecule has 0 saturated heterocycles. The molecule has 30 heavy (non-hydrogen) atoms. The highest BCUT2D eigenvalue weighted by Crippen LogP contribution is 2.44. The Morgan fingerprint density at radius 1 is 1.03 bits per heavy atom. The Hall–Kier alpha value is -2.34. The maximum atomic E-state index is 13.6. The SMILES string of the molecule is Cc1ccc(S(=O)(=O)N(CC(=O)N[C@H]2C[C@H]3CC[C@H]2C3)c2cccc(C)c2C)cc1. The average molecular weight is 427 g/mol. The number of aryl methyl sites for hydroxylation is 2. The molecule has 0 spiro atoms. The number of hydrogen-bond donors (Lipinski definition) is 1. The summed E-state index contributed by atoms with van der Waals surface area (Å²) >= 11 is 0. The first-order chi connectivity index (χ1) is 14.3. The molecular weight excluding hydrogens is 396 g/mol. The van der Waals surface area contributed by atoms with Crippen LogP contribution in [0.2, 0.25) is 0 Å². The highest BCUT2D eigenvalue weighted by molar-refractivity contribution is 7.92. The molecule has 160 valence electrons. The summed E-state index contributed by atoms with van der Waals surface area (Å²) in [6, 6.07) is 12.5. The summed E-state index contributed by atoms with van der Waals surface area (Å²) in [6.45, 7) is 5.55. The maximum absolute atomic E-state index is 13.6. The number of nitrogens with zero attached hydrogens (tertiary/aromatic N) is 1. The molecule has 3 atom stereocenters. The number of sulfonamides is 1. The van der Waals surface area contributed by atoms with Crippen LogP contribution in [0.3, 0.4) is 0 Å². The summed E-state index contributed by atoms with van der Waals surface area (Å²) < 4.78 is 28.4. The molecule has 0 unspecified atom stereocenters. The fraction of sp³-hybridized carbons (Fsp3) is 0.458. The fourth-order valence-electron chi connectivity index (χ4n) is 4.95. The van der Waals surface area contributed by atoms with Crippen LogP contribution in [-0.2, 0) is 14.8 Å². The van der Waals surface area contributed by atoms with Crippen molar-refractivity contribution in [1.82, 2.24) is 5.32 Å². The number of benzene rings is 2. The van der Waals surface area contributed by atoms with Crippen LogP contribution in [0.4, 0.5) is 5.69 Å². The van der Waals surface area contributed by atoms with E-state index in [1.54, 1.807) is 30.3 Å². The standard InChI is InChI=1S/C24H30N2O3S/c1-16-7-11-21(12-8-16)30(28,29)26(23-6-4-5-17(2)18(23)3)15-24(27)25-22-14-19-9-10-20(22)13-19/h4-8,11-12,19-20,22H,9-10,13-15H2,1-3H3,(H,25,27)/t19-,20-,22-/m0/s1. The summed E-state index contributed by atoms with van der Waals surface area (Å²) in [4.78, 5) is 13.2. The third-order valence-electron chi connectivity index (χ3n) is 6.83. The predicted octanol–water partition coefficient (Wildman–Crippen LogP) is 4.11. The molecule has 2 aromatic rings. The molecule has 1 amide bonds. The molecule has 2 aromatic carbocycles.